The minimum Gasteiger partial charge on any atom is -0.480 e. The van der Waals surface area contributed by atoms with E-state index in [4.69, 9.17) is 9.47 Å². The summed E-state index contributed by atoms with van der Waals surface area (Å²) in [5.74, 6) is -1.96. The van der Waals surface area contributed by atoms with E-state index < -0.39 is 41.6 Å². The number of amides is 2. The standard InChI is InChI=1S/C26H32N2O6/c1-15(33-5)21(24(30)31)27-23(29)22(26(2,3)4)28-25(32)34-14-20-18-12-8-6-10-16(18)17-11-7-9-13-19(17)20/h6-13,15,20-22H,14H2,1-5H3,(H,27,29)(H,28,32)(H,30,31)/t15?,21?,22-/m1/s1. The Hall–Kier alpha value is -3.39. The second kappa shape index (κ2) is 10.3. The molecule has 0 heterocycles. The van der Waals surface area contributed by atoms with E-state index in [1.165, 1.54) is 7.11 Å². The Bertz CT molecular complexity index is 1020. The van der Waals surface area contributed by atoms with Crippen molar-refractivity contribution < 1.29 is 29.0 Å². The van der Waals surface area contributed by atoms with Crippen molar-refractivity contribution in [2.75, 3.05) is 13.7 Å². The molecule has 2 aromatic rings. The smallest absolute Gasteiger partial charge is 0.407 e. The van der Waals surface area contributed by atoms with E-state index in [0.29, 0.717) is 0 Å². The molecule has 2 amide bonds. The number of hydrogen-bond donors (Lipinski definition) is 3. The summed E-state index contributed by atoms with van der Waals surface area (Å²) in [7, 11) is 1.36. The maximum Gasteiger partial charge on any atom is 0.407 e. The fourth-order valence-electron chi connectivity index (χ4n) is 4.19. The first-order valence-electron chi connectivity index (χ1n) is 11.2. The number of carboxylic acids is 1. The molecule has 3 rings (SSSR count). The van der Waals surface area contributed by atoms with Crippen molar-refractivity contribution in [1.29, 1.82) is 0 Å². The third-order valence-corrected chi connectivity index (χ3v) is 6.14. The van der Waals surface area contributed by atoms with E-state index in [1.807, 2.05) is 48.5 Å². The number of benzene rings is 2. The first kappa shape index (κ1) is 25.2. The van der Waals surface area contributed by atoms with Crippen LogP contribution in [-0.4, -0.2) is 55.0 Å². The highest BCUT2D eigenvalue weighted by Crippen LogP contribution is 2.44. The molecule has 0 saturated carbocycles. The van der Waals surface area contributed by atoms with Crippen LogP contribution in [0.3, 0.4) is 0 Å². The zero-order valence-electron chi connectivity index (χ0n) is 20.1. The minimum atomic E-state index is -1.26. The number of hydrogen-bond acceptors (Lipinski definition) is 5. The van der Waals surface area contributed by atoms with Crippen LogP contribution in [0.5, 0.6) is 0 Å². The molecule has 2 unspecified atom stereocenters. The van der Waals surface area contributed by atoms with Gasteiger partial charge in [-0.15, -0.1) is 0 Å². The van der Waals surface area contributed by atoms with Crippen molar-refractivity contribution in [3.05, 3.63) is 59.7 Å². The van der Waals surface area contributed by atoms with E-state index in [0.717, 1.165) is 22.3 Å². The van der Waals surface area contributed by atoms with Crippen LogP contribution in [0.15, 0.2) is 48.5 Å². The molecule has 3 atom stereocenters. The lowest BCUT2D eigenvalue weighted by Gasteiger charge is -2.32. The van der Waals surface area contributed by atoms with Crippen molar-refractivity contribution in [1.82, 2.24) is 10.6 Å². The van der Waals surface area contributed by atoms with Gasteiger partial charge in [-0.25, -0.2) is 9.59 Å². The molecule has 0 fully saturated rings. The van der Waals surface area contributed by atoms with Gasteiger partial charge in [0.05, 0.1) is 6.10 Å². The summed E-state index contributed by atoms with van der Waals surface area (Å²) in [5.41, 5.74) is 3.70. The number of alkyl carbamates (subject to hydrolysis) is 1. The van der Waals surface area contributed by atoms with Crippen molar-refractivity contribution in [3.8, 4) is 11.1 Å². The normalized spacial score (nSPS) is 15.4. The molecule has 34 heavy (non-hydrogen) atoms. The molecular weight excluding hydrogens is 436 g/mol. The molecule has 0 bridgehead atoms. The predicted molar refractivity (Wildman–Crippen MR) is 127 cm³/mol. The van der Waals surface area contributed by atoms with Gasteiger partial charge in [-0.3, -0.25) is 4.79 Å². The fourth-order valence-corrected chi connectivity index (χ4v) is 4.19. The molecule has 3 N–H and O–H groups in total. The molecule has 2 aromatic carbocycles. The minimum absolute atomic E-state index is 0.108. The Balaban J connectivity index is 1.70. The molecule has 0 aliphatic heterocycles. The number of nitrogens with one attached hydrogen (secondary N) is 2. The summed E-state index contributed by atoms with van der Waals surface area (Å²) in [5, 5.41) is 14.5. The van der Waals surface area contributed by atoms with Crippen LogP contribution in [-0.2, 0) is 19.1 Å². The molecule has 0 saturated heterocycles. The molecule has 182 valence electrons. The van der Waals surface area contributed by atoms with Gasteiger partial charge in [0, 0.05) is 13.0 Å². The fraction of sp³-hybridized carbons (Fsp3) is 0.423. The van der Waals surface area contributed by atoms with Crippen LogP contribution in [0.25, 0.3) is 11.1 Å². The highest BCUT2D eigenvalue weighted by atomic mass is 16.5. The Morgan fingerprint density at radius 2 is 1.50 bits per heavy atom. The zero-order chi connectivity index (χ0) is 25.0. The van der Waals surface area contributed by atoms with Crippen LogP contribution < -0.4 is 10.6 Å². The maximum absolute atomic E-state index is 12.9. The lowest BCUT2D eigenvalue weighted by atomic mass is 9.86. The SMILES string of the molecule is COC(C)C(NC(=O)[C@@H](NC(=O)OCC1c2ccccc2-c2ccccc21)C(C)(C)C)C(=O)O. The summed E-state index contributed by atoms with van der Waals surface area (Å²) in [6.07, 6.45) is -1.50. The van der Waals surface area contributed by atoms with Gasteiger partial charge in [0.25, 0.3) is 0 Å². The average Bonchev–Trinajstić information content (AvgIpc) is 3.11. The van der Waals surface area contributed by atoms with Crippen molar-refractivity contribution in [2.24, 2.45) is 5.41 Å². The highest BCUT2D eigenvalue weighted by molar-refractivity contribution is 5.90. The quantitative estimate of drug-likeness (QED) is 0.546. The monoisotopic (exact) mass is 468 g/mol. The average molecular weight is 469 g/mol. The summed E-state index contributed by atoms with van der Waals surface area (Å²) in [4.78, 5) is 37.3. The van der Waals surface area contributed by atoms with Gasteiger partial charge in [-0.1, -0.05) is 69.3 Å². The number of aliphatic carboxylic acids is 1. The number of methoxy groups -OCH3 is 1. The molecular formula is C26H32N2O6. The summed E-state index contributed by atoms with van der Waals surface area (Å²) in [6.45, 7) is 6.98. The molecule has 1 aliphatic carbocycles. The molecule has 0 spiro atoms. The van der Waals surface area contributed by atoms with Gasteiger partial charge in [-0.2, -0.15) is 0 Å². The number of carbonyl (C=O) groups is 3. The Kier molecular flexibility index (Phi) is 7.61. The van der Waals surface area contributed by atoms with E-state index >= 15 is 0 Å². The second-order valence-corrected chi connectivity index (χ2v) is 9.53. The van der Waals surface area contributed by atoms with Crippen molar-refractivity contribution in [2.45, 2.75) is 51.8 Å². The highest BCUT2D eigenvalue weighted by Gasteiger charge is 2.37. The third kappa shape index (κ3) is 5.39. The number of ether oxygens (including phenoxy) is 2. The topological polar surface area (TPSA) is 114 Å². The van der Waals surface area contributed by atoms with Crippen LogP contribution in [0, 0.1) is 5.41 Å². The van der Waals surface area contributed by atoms with E-state index in [2.05, 4.69) is 10.6 Å². The van der Waals surface area contributed by atoms with E-state index in [1.54, 1.807) is 27.7 Å². The van der Waals surface area contributed by atoms with Gasteiger partial charge in [-0.05, 0) is 34.6 Å². The molecule has 0 radical (unpaired) electrons. The third-order valence-electron chi connectivity index (χ3n) is 6.14. The molecule has 8 nitrogen and oxygen atoms in total. The molecule has 0 aromatic heterocycles. The van der Waals surface area contributed by atoms with Crippen LogP contribution in [0.2, 0.25) is 0 Å². The Morgan fingerprint density at radius 3 is 1.97 bits per heavy atom. The van der Waals surface area contributed by atoms with Crippen LogP contribution >= 0.6 is 0 Å². The number of rotatable bonds is 8. The van der Waals surface area contributed by atoms with Gasteiger partial charge in [0.15, 0.2) is 6.04 Å². The summed E-state index contributed by atoms with van der Waals surface area (Å²) >= 11 is 0. The Labute approximate surface area is 199 Å². The first-order valence-corrected chi connectivity index (χ1v) is 11.2. The zero-order valence-corrected chi connectivity index (χ0v) is 20.1. The van der Waals surface area contributed by atoms with E-state index in [-0.39, 0.29) is 12.5 Å². The summed E-state index contributed by atoms with van der Waals surface area (Å²) in [6, 6.07) is 13.7. The number of carboxylic acid groups (broad SMARTS) is 1. The van der Waals surface area contributed by atoms with Gasteiger partial charge in [0.1, 0.15) is 12.6 Å². The summed E-state index contributed by atoms with van der Waals surface area (Å²) < 4.78 is 10.6. The maximum atomic E-state index is 12.9. The van der Waals surface area contributed by atoms with Gasteiger partial charge in [0.2, 0.25) is 5.91 Å². The largest absolute Gasteiger partial charge is 0.480 e. The lowest BCUT2D eigenvalue weighted by Crippen LogP contribution is -2.58. The lowest BCUT2D eigenvalue weighted by molar-refractivity contribution is -0.146. The predicted octanol–water partition coefficient (Wildman–Crippen LogP) is 3.54. The van der Waals surface area contributed by atoms with Crippen LogP contribution in [0.4, 0.5) is 4.79 Å². The Morgan fingerprint density at radius 1 is 0.971 bits per heavy atom. The van der Waals surface area contributed by atoms with Gasteiger partial charge >= 0.3 is 12.1 Å². The number of carbonyl (C=O) groups excluding carboxylic acids is 2. The molecule has 8 heteroatoms. The van der Waals surface area contributed by atoms with Crippen LogP contribution in [0.1, 0.15) is 44.7 Å². The number of fused-ring (bicyclic) bond motifs is 3. The van der Waals surface area contributed by atoms with Crippen molar-refractivity contribution in [3.63, 3.8) is 0 Å². The second-order valence-electron chi connectivity index (χ2n) is 9.53. The first-order chi connectivity index (χ1) is 16.0. The van der Waals surface area contributed by atoms with Gasteiger partial charge < -0.3 is 25.2 Å². The van der Waals surface area contributed by atoms with Crippen molar-refractivity contribution >= 4 is 18.0 Å². The van der Waals surface area contributed by atoms with E-state index in [9.17, 15) is 19.5 Å². The molecule has 1 aliphatic rings.